The summed E-state index contributed by atoms with van der Waals surface area (Å²) >= 11 is 0. The van der Waals surface area contributed by atoms with Crippen LogP contribution in [0.5, 0.6) is 0 Å². The van der Waals surface area contributed by atoms with Crippen molar-refractivity contribution in [2.75, 3.05) is 7.11 Å². The fourth-order valence-electron chi connectivity index (χ4n) is 1.19. The Morgan fingerprint density at radius 1 is 1.43 bits per heavy atom. The molecule has 0 N–H and O–H groups in total. The Bertz CT molecular complexity index is 319. The number of benzene rings is 1. The second-order valence-electron chi connectivity index (χ2n) is 3.08. The molecule has 0 bridgehead atoms. The molecule has 0 spiro atoms. The van der Waals surface area contributed by atoms with Crippen molar-refractivity contribution in [2.24, 2.45) is 0 Å². The van der Waals surface area contributed by atoms with Crippen LogP contribution in [0.2, 0.25) is 0 Å². The Balaban J connectivity index is 2.42. The van der Waals surface area contributed by atoms with Crippen molar-refractivity contribution in [2.45, 2.75) is 12.8 Å². The molecule has 2 nitrogen and oxygen atoms in total. The normalized spacial score (nSPS) is 12.4. The molecule has 1 rings (SSSR count). The third-order valence-electron chi connectivity index (χ3n) is 2.03. The van der Waals surface area contributed by atoms with Crippen LogP contribution in [-0.4, -0.2) is 7.11 Å². The first-order valence-electron chi connectivity index (χ1n) is 4.54. The summed E-state index contributed by atoms with van der Waals surface area (Å²) in [6.45, 7) is 3.75. The molecule has 0 heterocycles. The van der Waals surface area contributed by atoms with Crippen LogP contribution in [0.25, 0.3) is 0 Å². The Morgan fingerprint density at radius 2 is 2.07 bits per heavy atom. The smallest absolute Gasteiger partial charge is 0.215 e. The van der Waals surface area contributed by atoms with Gasteiger partial charge < -0.3 is 4.52 Å². The maximum Gasteiger partial charge on any atom is 0.215 e. The summed E-state index contributed by atoms with van der Waals surface area (Å²) in [7, 11) is -0.567. The summed E-state index contributed by atoms with van der Waals surface area (Å²) in [5.41, 5.74) is 1.24. The molecule has 0 radical (unpaired) electrons. The fourth-order valence-corrected chi connectivity index (χ4v) is 1.80. The molecular formula is C11H15O2P. The zero-order chi connectivity index (χ0) is 10.4. The maximum atomic E-state index is 11.2. The van der Waals surface area contributed by atoms with Gasteiger partial charge >= 0.3 is 0 Å². The number of hydrogen-bond donors (Lipinski definition) is 0. The van der Waals surface area contributed by atoms with Crippen molar-refractivity contribution in [1.82, 2.24) is 0 Å². The van der Waals surface area contributed by atoms with Crippen molar-refractivity contribution in [3.63, 3.8) is 0 Å². The van der Waals surface area contributed by atoms with Gasteiger partial charge in [-0.05, 0) is 18.4 Å². The summed E-state index contributed by atoms with van der Waals surface area (Å²) in [5, 5.41) is 0.710. The lowest BCUT2D eigenvalue weighted by atomic mass is 10.1. The van der Waals surface area contributed by atoms with E-state index in [0.717, 1.165) is 12.8 Å². The first-order chi connectivity index (χ1) is 6.74. The van der Waals surface area contributed by atoms with Crippen LogP contribution >= 0.6 is 8.03 Å². The highest BCUT2D eigenvalue weighted by Crippen LogP contribution is 2.33. The zero-order valence-electron chi connectivity index (χ0n) is 8.32. The highest BCUT2D eigenvalue weighted by atomic mass is 31.1. The molecular weight excluding hydrogens is 195 g/mol. The van der Waals surface area contributed by atoms with Gasteiger partial charge in [0.25, 0.3) is 0 Å². The van der Waals surface area contributed by atoms with E-state index >= 15 is 0 Å². The van der Waals surface area contributed by atoms with Gasteiger partial charge in [-0.15, -0.1) is 0 Å². The van der Waals surface area contributed by atoms with Gasteiger partial charge in [0.15, 0.2) is 0 Å². The molecule has 1 aromatic carbocycles. The first kappa shape index (κ1) is 11.2. The van der Waals surface area contributed by atoms with E-state index in [1.165, 1.54) is 12.7 Å². The van der Waals surface area contributed by atoms with Crippen LogP contribution in [0.4, 0.5) is 0 Å². The lowest BCUT2D eigenvalue weighted by Crippen LogP contribution is -1.85. The van der Waals surface area contributed by atoms with E-state index in [4.69, 9.17) is 4.52 Å². The van der Waals surface area contributed by atoms with E-state index in [9.17, 15) is 4.57 Å². The average molecular weight is 210 g/mol. The van der Waals surface area contributed by atoms with E-state index in [2.05, 4.69) is 18.7 Å². The van der Waals surface area contributed by atoms with Crippen LogP contribution in [0.1, 0.15) is 12.0 Å². The van der Waals surface area contributed by atoms with E-state index < -0.39 is 8.03 Å². The molecule has 1 atom stereocenters. The summed E-state index contributed by atoms with van der Waals surface area (Å²) in [4.78, 5) is 0. The van der Waals surface area contributed by atoms with Crippen LogP contribution in [-0.2, 0) is 15.5 Å². The van der Waals surface area contributed by atoms with Gasteiger partial charge in [0.1, 0.15) is 0 Å². The highest BCUT2D eigenvalue weighted by molar-refractivity contribution is 7.44. The van der Waals surface area contributed by atoms with Crippen molar-refractivity contribution in [3.8, 4) is 0 Å². The SMILES string of the molecule is C=C(CCc1ccccc1)[PH](=O)OC. The van der Waals surface area contributed by atoms with Gasteiger partial charge in [-0.3, -0.25) is 4.57 Å². The molecule has 0 saturated carbocycles. The minimum absolute atomic E-state index is 0.710. The summed E-state index contributed by atoms with van der Waals surface area (Å²) in [5.74, 6) is 0. The quantitative estimate of drug-likeness (QED) is 0.697. The summed E-state index contributed by atoms with van der Waals surface area (Å²) in [6, 6.07) is 10.1. The molecule has 0 fully saturated rings. The molecule has 0 aliphatic rings. The topological polar surface area (TPSA) is 26.3 Å². The predicted molar refractivity (Wildman–Crippen MR) is 59.9 cm³/mol. The largest absolute Gasteiger partial charge is 0.331 e. The van der Waals surface area contributed by atoms with Crippen molar-refractivity contribution < 1.29 is 9.09 Å². The van der Waals surface area contributed by atoms with Gasteiger partial charge in [-0.2, -0.15) is 0 Å². The zero-order valence-corrected chi connectivity index (χ0v) is 9.32. The third kappa shape index (κ3) is 3.49. The minimum Gasteiger partial charge on any atom is -0.331 e. The van der Waals surface area contributed by atoms with Gasteiger partial charge in [0, 0.05) is 12.4 Å². The highest BCUT2D eigenvalue weighted by Gasteiger charge is 2.02. The lowest BCUT2D eigenvalue weighted by Gasteiger charge is -2.03. The Morgan fingerprint density at radius 3 is 2.64 bits per heavy atom. The number of hydrogen-bond acceptors (Lipinski definition) is 2. The van der Waals surface area contributed by atoms with Crippen molar-refractivity contribution >= 4 is 8.03 Å². The van der Waals surface area contributed by atoms with Crippen LogP contribution in [0.3, 0.4) is 0 Å². The molecule has 3 heteroatoms. The monoisotopic (exact) mass is 210 g/mol. The van der Waals surface area contributed by atoms with E-state index in [0.29, 0.717) is 5.31 Å². The lowest BCUT2D eigenvalue weighted by molar-refractivity contribution is 0.419. The third-order valence-corrected chi connectivity index (χ3v) is 3.23. The van der Waals surface area contributed by atoms with Gasteiger partial charge in [-0.1, -0.05) is 36.9 Å². The Hall–Kier alpha value is -0.850. The van der Waals surface area contributed by atoms with Crippen LogP contribution in [0, 0.1) is 0 Å². The van der Waals surface area contributed by atoms with E-state index in [-0.39, 0.29) is 0 Å². The molecule has 0 saturated heterocycles. The second-order valence-corrected chi connectivity index (χ2v) is 4.77. The van der Waals surface area contributed by atoms with Crippen molar-refractivity contribution in [1.29, 1.82) is 0 Å². The van der Waals surface area contributed by atoms with E-state index in [1.807, 2.05) is 18.2 Å². The summed E-state index contributed by atoms with van der Waals surface area (Å²) < 4.78 is 15.9. The molecule has 14 heavy (non-hydrogen) atoms. The fraction of sp³-hybridized carbons (Fsp3) is 0.273. The number of allylic oxidation sites excluding steroid dienone is 1. The van der Waals surface area contributed by atoms with Crippen LogP contribution < -0.4 is 0 Å². The first-order valence-corrected chi connectivity index (χ1v) is 5.85. The number of aryl methyl sites for hydroxylation is 1. The average Bonchev–Trinajstić information content (AvgIpc) is 2.26. The number of rotatable bonds is 5. The van der Waals surface area contributed by atoms with Gasteiger partial charge in [0.05, 0.1) is 0 Å². The van der Waals surface area contributed by atoms with Crippen LogP contribution in [0.15, 0.2) is 42.2 Å². The molecule has 0 aliphatic heterocycles. The Labute approximate surface area is 85.5 Å². The standard InChI is InChI=1S/C11H15O2P/c1-10(14(12)13-2)8-9-11-6-4-3-5-7-11/h3-7,14H,1,8-9H2,2H3. The molecule has 0 amide bonds. The molecule has 1 aromatic rings. The minimum atomic E-state index is -2.02. The molecule has 0 aliphatic carbocycles. The maximum absolute atomic E-state index is 11.2. The van der Waals surface area contributed by atoms with Crippen molar-refractivity contribution in [3.05, 3.63) is 47.8 Å². The second kappa shape index (κ2) is 5.79. The van der Waals surface area contributed by atoms with Gasteiger partial charge in [0.2, 0.25) is 8.03 Å². The molecule has 1 unspecified atom stereocenters. The molecule has 0 aromatic heterocycles. The Kier molecular flexibility index (Phi) is 4.64. The van der Waals surface area contributed by atoms with E-state index in [1.54, 1.807) is 0 Å². The van der Waals surface area contributed by atoms with Gasteiger partial charge in [-0.25, -0.2) is 0 Å². The summed E-state index contributed by atoms with van der Waals surface area (Å²) in [6.07, 6.45) is 1.61. The predicted octanol–water partition coefficient (Wildman–Crippen LogP) is 3.25. The molecule has 76 valence electrons.